The maximum Gasteiger partial charge on any atom is 0.223 e. The molecule has 0 bridgehead atoms. The fraction of sp³-hybridized carbons (Fsp3) is 0.500. The van der Waals surface area contributed by atoms with Crippen LogP contribution in [0.4, 0.5) is 0 Å². The van der Waals surface area contributed by atoms with Gasteiger partial charge in [0, 0.05) is 34.2 Å². The zero-order valence-corrected chi connectivity index (χ0v) is 12.3. The van der Waals surface area contributed by atoms with E-state index in [-0.39, 0.29) is 17.9 Å². The molecule has 5 heteroatoms. The van der Waals surface area contributed by atoms with E-state index in [1.54, 1.807) is 11.8 Å². The zero-order chi connectivity index (χ0) is 13.7. The summed E-state index contributed by atoms with van der Waals surface area (Å²) >= 11 is 7.54. The highest BCUT2D eigenvalue weighted by atomic mass is 35.5. The lowest BCUT2D eigenvalue weighted by atomic mass is 10.1. The van der Waals surface area contributed by atoms with Gasteiger partial charge in [-0.1, -0.05) is 11.6 Å². The van der Waals surface area contributed by atoms with Crippen molar-refractivity contribution in [1.29, 1.82) is 0 Å². The van der Waals surface area contributed by atoms with Crippen LogP contribution in [0.3, 0.4) is 0 Å². The third kappa shape index (κ3) is 4.71. The molecule has 1 aliphatic carbocycles. The number of benzene rings is 1. The standard InChI is InChI=1S/C14H19ClN2OS/c15-11-2-5-13(6-3-11)19-8-7-17-14(18)10-1-4-12(16)9-10/h2-3,5-6,10,12H,1,4,7-9,16H2,(H,17,18). The molecule has 0 saturated heterocycles. The molecule has 1 aromatic rings. The van der Waals surface area contributed by atoms with Crippen LogP contribution >= 0.6 is 23.4 Å². The highest BCUT2D eigenvalue weighted by molar-refractivity contribution is 7.99. The minimum atomic E-state index is 0.121. The summed E-state index contributed by atoms with van der Waals surface area (Å²) in [6.45, 7) is 0.692. The van der Waals surface area contributed by atoms with Gasteiger partial charge in [0.25, 0.3) is 0 Å². The van der Waals surface area contributed by atoms with Gasteiger partial charge in [-0.3, -0.25) is 4.79 Å². The number of nitrogens with one attached hydrogen (secondary N) is 1. The quantitative estimate of drug-likeness (QED) is 0.649. The first kappa shape index (κ1) is 14.7. The van der Waals surface area contributed by atoms with Crippen LogP contribution in [0.25, 0.3) is 0 Å². The molecule has 0 aromatic heterocycles. The average Bonchev–Trinajstić information content (AvgIpc) is 2.83. The molecule has 1 saturated carbocycles. The molecular formula is C14H19ClN2OS. The molecule has 104 valence electrons. The summed E-state index contributed by atoms with van der Waals surface area (Å²) in [4.78, 5) is 13.0. The van der Waals surface area contributed by atoms with Crippen molar-refractivity contribution in [3.05, 3.63) is 29.3 Å². The van der Waals surface area contributed by atoms with Gasteiger partial charge in [-0.05, 0) is 43.5 Å². The predicted molar refractivity (Wildman–Crippen MR) is 80.5 cm³/mol. The Bertz CT molecular complexity index is 424. The first-order valence-electron chi connectivity index (χ1n) is 6.57. The summed E-state index contributed by atoms with van der Waals surface area (Å²) in [6.07, 6.45) is 2.73. The van der Waals surface area contributed by atoms with Crippen molar-refractivity contribution in [3.8, 4) is 0 Å². The van der Waals surface area contributed by atoms with E-state index in [0.717, 1.165) is 30.0 Å². The van der Waals surface area contributed by atoms with Crippen LogP contribution < -0.4 is 11.1 Å². The summed E-state index contributed by atoms with van der Waals surface area (Å²) in [7, 11) is 0. The maximum absolute atomic E-state index is 11.9. The van der Waals surface area contributed by atoms with Crippen LogP contribution in [0.1, 0.15) is 19.3 Å². The molecule has 0 aliphatic heterocycles. The summed E-state index contributed by atoms with van der Waals surface area (Å²) in [6, 6.07) is 7.94. The van der Waals surface area contributed by atoms with Crippen molar-refractivity contribution in [2.24, 2.45) is 11.7 Å². The van der Waals surface area contributed by atoms with Crippen molar-refractivity contribution < 1.29 is 4.79 Å². The van der Waals surface area contributed by atoms with Gasteiger partial charge < -0.3 is 11.1 Å². The van der Waals surface area contributed by atoms with Crippen molar-refractivity contribution >= 4 is 29.3 Å². The lowest BCUT2D eigenvalue weighted by Crippen LogP contribution is -2.31. The number of carbonyl (C=O) groups is 1. The maximum atomic E-state index is 11.9. The van der Waals surface area contributed by atoms with Crippen molar-refractivity contribution in [1.82, 2.24) is 5.32 Å². The Hall–Kier alpha value is -0.710. The van der Waals surface area contributed by atoms with Gasteiger partial charge >= 0.3 is 0 Å². The van der Waals surface area contributed by atoms with E-state index >= 15 is 0 Å². The van der Waals surface area contributed by atoms with E-state index in [2.05, 4.69) is 5.32 Å². The summed E-state index contributed by atoms with van der Waals surface area (Å²) < 4.78 is 0. The Balaban J connectivity index is 1.64. The molecule has 0 spiro atoms. The van der Waals surface area contributed by atoms with Crippen LogP contribution in [0.15, 0.2) is 29.2 Å². The van der Waals surface area contributed by atoms with Gasteiger partial charge in [0.15, 0.2) is 0 Å². The largest absolute Gasteiger partial charge is 0.355 e. The highest BCUT2D eigenvalue weighted by Crippen LogP contribution is 2.24. The topological polar surface area (TPSA) is 55.1 Å². The molecule has 2 unspecified atom stereocenters. The Morgan fingerprint density at radius 3 is 2.74 bits per heavy atom. The van der Waals surface area contributed by atoms with Crippen molar-refractivity contribution in [2.45, 2.75) is 30.2 Å². The van der Waals surface area contributed by atoms with Crippen LogP contribution in [0.2, 0.25) is 5.02 Å². The van der Waals surface area contributed by atoms with Crippen molar-refractivity contribution in [3.63, 3.8) is 0 Å². The lowest BCUT2D eigenvalue weighted by Gasteiger charge is -2.10. The van der Waals surface area contributed by atoms with Gasteiger partial charge in [0.2, 0.25) is 5.91 Å². The Morgan fingerprint density at radius 2 is 2.11 bits per heavy atom. The number of carbonyl (C=O) groups excluding carboxylic acids is 1. The third-order valence-electron chi connectivity index (χ3n) is 3.33. The fourth-order valence-electron chi connectivity index (χ4n) is 2.27. The second kappa shape index (κ2) is 7.17. The van der Waals surface area contributed by atoms with Gasteiger partial charge in [-0.25, -0.2) is 0 Å². The molecule has 0 heterocycles. The minimum Gasteiger partial charge on any atom is -0.355 e. The number of halogens is 1. The number of rotatable bonds is 5. The predicted octanol–water partition coefficient (Wildman–Crippen LogP) is 2.68. The molecule has 3 nitrogen and oxygen atoms in total. The number of hydrogen-bond donors (Lipinski definition) is 2. The van der Waals surface area contributed by atoms with E-state index in [4.69, 9.17) is 17.3 Å². The molecule has 2 rings (SSSR count). The highest BCUT2D eigenvalue weighted by Gasteiger charge is 2.27. The van der Waals surface area contributed by atoms with Gasteiger partial charge in [0.05, 0.1) is 0 Å². The Kier molecular flexibility index (Phi) is 5.55. The summed E-state index contributed by atoms with van der Waals surface area (Å²) in [5.74, 6) is 1.15. The smallest absolute Gasteiger partial charge is 0.223 e. The first-order chi connectivity index (χ1) is 9.15. The van der Waals surface area contributed by atoms with Crippen LogP contribution in [-0.4, -0.2) is 24.2 Å². The van der Waals surface area contributed by atoms with E-state index < -0.39 is 0 Å². The fourth-order valence-corrected chi connectivity index (χ4v) is 3.17. The van der Waals surface area contributed by atoms with Crippen LogP contribution in [0.5, 0.6) is 0 Å². The molecular weight excluding hydrogens is 280 g/mol. The van der Waals surface area contributed by atoms with E-state index in [1.807, 2.05) is 24.3 Å². The second-order valence-corrected chi connectivity index (χ2v) is 6.47. The SMILES string of the molecule is NC1CCC(C(=O)NCCSc2ccc(Cl)cc2)C1. The normalized spacial score (nSPS) is 22.4. The molecule has 0 radical (unpaired) electrons. The van der Waals surface area contributed by atoms with Crippen LogP contribution in [-0.2, 0) is 4.79 Å². The lowest BCUT2D eigenvalue weighted by molar-refractivity contribution is -0.124. The second-order valence-electron chi connectivity index (χ2n) is 4.86. The van der Waals surface area contributed by atoms with Gasteiger partial charge in [0.1, 0.15) is 0 Å². The van der Waals surface area contributed by atoms with E-state index in [1.165, 1.54) is 4.90 Å². The monoisotopic (exact) mass is 298 g/mol. The number of thioether (sulfide) groups is 1. The number of hydrogen-bond acceptors (Lipinski definition) is 3. The number of amides is 1. The molecule has 1 fully saturated rings. The molecule has 1 amide bonds. The van der Waals surface area contributed by atoms with Gasteiger partial charge in [-0.15, -0.1) is 11.8 Å². The molecule has 1 aliphatic rings. The first-order valence-corrected chi connectivity index (χ1v) is 7.93. The zero-order valence-electron chi connectivity index (χ0n) is 10.8. The minimum absolute atomic E-state index is 0.121. The Morgan fingerprint density at radius 1 is 1.37 bits per heavy atom. The average molecular weight is 299 g/mol. The summed E-state index contributed by atoms with van der Waals surface area (Å²) in [5.41, 5.74) is 5.81. The van der Waals surface area contributed by atoms with E-state index in [9.17, 15) is 4.79 Å². The third-order valence-corrected chi connectivity index (χ3v) is 4.59. The van der Waals surface area contributed by atoms with Crippen LogP contribution in [0, 0.1) is 5.92 Å². The number of nitrogens with two attached hydrogens (primary N) is 1. The van der Waals surface area contributed by atoms with Crippen molar-refractivity contribution in [2.75, 3.05) is 12.3 Å². The van der Waals surface area contributed by atoms with E-state index in [0.29, 0.717) is 6.54 Å². The molecule has 19 heavy (non-hydrogen) atoms. The Labute approximate surface area is 123 Å². The molecule has 1 aromatic carbocycles. The van der Waals surface area contributed by atoms with Gasteiger partial charge in [-0.2, -0.15) is 0 Å². The molecule has 3 N–H and O–H groups in total. The molecule has 2 atom stereocenters. The summed E-state index contributed by atoms with van der Waals surface area (Å²) in [5, 5.41) is 3.73.